The molecule has 0 aliphatic carbocycles. The number of nitrogens with one attached hydrogen (secondary N) is 1. The number of para-hydroxylation sites is 1. The molecule has 7 nitrogen and oxygen atoms in total. The molecule has 0 aliphatic rings. The SMILES string of the molecule is CC(C)(C)OC(=O)Cc1cccc(CNc2ncnc3c(C(N)=O)cccc23)c1. The number of anilines is 1. The fourth-order valence-corrected chi connectivity index (χ4v) is 3.01. The van der Waals surface area contributed by atoms with Crippen molar-refractivity contribution < 1.29 is 14.3 Å². The summed E-state index contributed by atoms with van der Waals surface area (Å²) in [7, 11) is 0. The second-order valence-corrected chi connectivity index (χ2v) is 7.72. The van der Waals surface area contributed by atoms with E-state index in [2.05, 4.69) is 15.3 Å². The molecule has 1 heterocycles. The Balaban J connectivity index is 1.75. The molecule has 2 aromatic carbocycles. The first kappa shape index (κ1) is 20.3. The number of carbonyl (C=O) groups is 2. The van der Waals surface area contributed by atoms with Crippen molar-refractivity contribution in [1.29, 1.82) is 0 Å². The Hall–Kier alpha value is -3.48. The van der Waals surface area contributed by atoms with Crippen LogP contribution >= 0.6 is 0 Å². The van der Waals surface area contributed by atoms with E-state index in [4.69, 9.17) is 10.5 Å². The maximum atomic E-state index is 12.1. The van der Waals surface area contributed by atoms with Gasteiger partial charge in [-0.1, -0.05) is 30.3 Å². The van der Waals surface area contributed by atoms with E-state index in [9.17, 15) is 9.59 Å². The molecule has 7 heteroatoms. The van der Waals surface area contributed by atoms with Crippen molar-refractivity contribution in [1.82, 2.24) is 9.97 Å². The van der Waals surface area contributed by atoms with Crippen LogP contribution in [0.2, 0.25) is 0 Å². The summed E-state index contributed by atoms with van der Waals surface area (Å²) in [6, 6.07) is 12.9. The third-order valence-corrected chi connectivity index (χ3v) is 4.15. The van der Waals surface area contributed by atoms with E-state index >= 15 is 0 Å². The number of hydrogen-bond acceptors (Lipinski definition) is 6. The molecular formula is C22H24N4O3. The Morgan fingerprint density at radius 3 is 2.52 bits per heavy atom. The van der Waals surface area contributed by atoms with Crippen LogP contribution in [0, 0.1) is 0 Å². The topological polar surface area (TPSA) is 107 Å². The average molecular weight is 392 g/mol. The summed E-state index contributed by atoms with van der Waals surface area (Å²) in [5.41, 5.74) is 7.66. The van der Waals surface area contributed by atoms with Crippen LogP contribution in [0.25, 0.3) is 10.9 Å². The van der Waals surface area contributed by atoms with Gasteiger partial charge >= 0.3 is 5.97 Å². The lowest BCUT2D eigenvalue weighted by atomic mass is 10.1. The number of nitrogens with two attached hydrogens (primary N) is 1. The molecule has 3 aromatic rings. The minimum atomic E-state index is -0.532. The Morgan fingerprint density at radius 2 is 1.79 bits per heavy atom. The summed E-state index contributed by atoms with van der Waals surface area (Å²) < 4.78 is 5.38. The highest BCUT2D eigenvalue weighted by molar-refractivity contribution is 6.06. The van der Waals surface area contributed by atoms with Crippen molar-refractivity contribution in [3.8, 4) is 0 Å². The smallest absolute Gasteiger partial charge is 0.310 e. The number of benzene rings is 2. The lowest BCUT2D eigenvalue weighted by Crippen LogP contribution is -2.24. The predicted octanol–water partition coefficient (Wildman–Crippen LogP) is 3.23. The number of aromatic nitrogens is 2. The molecule has 150 valence electrons. The molecule has 0 radical (unpaired) electrons. The first-order valence-corrected chi connectivity index (χ1v) is 9.30. The Labute approximate surface area is 169 Å². The minimum absolute atomic E-state index is 0.212. The fourth-order valence-electron chi connectivity index (χ4n) is 3.01. The highest BCUT2D eigenvalue weighted by Crippen LogP contribution is 2.22. The van der Waals surface area contributed by atoms with E-state index in [0.29, 0.717) is 28.8 Å². The van der Waals surface area contributed by atoms with Crippen molar-refractivity contribution in [2.75, 3.05) is 5.32 Å². The van der Waals surface area contributed by atoms with Crippen molar-refractivity contribution in [3.05, 3.63) is 65.5 Å². The molecule has 1 aromatic heterocycles. The molecular weight excluding hydrogens is 368 g/mol. The normalized spacial score (nSPS) is 11.3. The van der Waals surface area contributed by atoms with E-state index < -0.39 is 11.5 Å². The lowest BCUT2D eigenvalue weighted by molar-refractivity contribution is -0.153. The lowest BCUT2D eigenvalue weighted by Gasteiger charge is -2.19. The van der Waals surface area contributed by atoms with Crippen LogP contribution in [-0.4, -0.2) is 27.4 Å². The van der Waals surface area contributed by atoms with E-state index in [-0.39, 0.29) is 12.4 Å². The van der Waals surface area contributed by atoms with Gasteiger partial charge in [0.15, 0.2) is 0 Å². The van der Waals surface area contributed by atoms with Crippen LogP contribution in [-0.2, 0) is 22.5 Å². The molecule has 0 atom stereocenters. The van der Waals surface area contributed by atoms with Crippen molar-refractivity contribution >= 4 is 28.6 Å². The van der Waals surface area contributed by atoms with Gasteiger partial charge < -0.3 is 15.8 Å². The second kappa shape index (κ2) is 8.26. The molecule has 1 amide bonds. The Morgan fingerprint density at radius 1 is 1.07 bits per heavy atom. The number of carbonyl (C=O) groups excluding carboxylic acids is 2. The Kier molecular flexibility index (Phi) is 5.77. The summed E-state index contributed by atoms with van der Waals surface area (Å²) in [5.74, 6) is -0.186. The Bertz CT molecular complexity index is 1060. The summed E-state index contributed by atoms with van der Waals surface area (Å²) >= 11 is 0. The van der Waals surface area contributed by atoms with E-state index in [1.54, 1.807) is 12.1 Å². The number of amides is 1. The molecule has 0 unspecified atom stereocenters. The third kappa shape index (κ3) is 5.28. The van der Waals surface area contributed by atoms with E-state index in [1.165, 1.54) is 6.33 Å². The van der Waals surface area contributed by atoms with Gasteiger partial charge in [0.05, 0.1) is 17.5 Å². The molecule has 29 heavy (non-hydrogen) atoms. The summed E-state index contributed by atoms with van der Waals surface area (Å²) in [5, 5.41) is 3.99. The van der Waals surface area contributed by atoms with Gasteiger partial charge in [0.1, 0.15) is 17.7 Å². The summed E-state index contributed by atoms with van der Waals surface area (Å²) in [6.45, 7) is 6.04. The maximum absolute atomic E-state index is 12.1. The molecule has 0 fully saturated rings. The van der Waals surface area contributed by atoms with Crippen LogP contribution < -0.4 is 11.1 Å². The summed E-state index contributed by atoms with van der Waals surface area (Å²) in [6.07, 6.45) is 1.61. The molecule has 0 bridgehead atoms. The quantitative estimate of drug-likeness (QED) is 0.624. The third-order valence-electron chi connectivity index (χ3n) is 4.15. The van der Waals surface area contributed by atoms with Crippen molar-refractivity contribution in [3.63, 3.8) is 0 Å². The average Bonchev–Trinajstić information content (AvgIpc) is 2.64. The molecule has 0 spiro atoms. The number of rotatable bonds is 6. The van der Waals surface area contributed by atoms with Gasteiger partial charge in [0.2, 0.25) is 0 Å². The first-order valence-electron chi connectivity index (χ1n) is 9.30. The van der Waals surface area contributed by atoms with Crippen LogP contribution in [0.1, 0.15) is 42.3 Å². The fraction of sp³-hybridized carbons (Fsp3) is 0.273. The number of primary amides is 1. The molecule has 0 aliphatic heterocycles. The van der Waals surface area contributed by atoms with E-state index in [1.807, 2.05) is 51.1 Å². The van der Waals surface area contributed by atoms with Gasteiger partial charge in [0, 0.05) is 11.9 Å². The minimum Gasteiger partial charge on any atom is -0.460 e. The maximum Gasteiger partial charge on any atom is 0.310 e. The summed E-state index contributed by atoms with van der Waals surface area (Å²) in [4.78, 5) is 32.2. The number of esters is 1. The van der Waals surface area contributed by atoms with Gasteiger partial charge in [-0.3, -0.25) is 9.59 Å². The molecule has 0 saturated carbocycles. The molecule has 0 saturated heterocycles. The predicted molar refractivity (Wildman–Crippen MR) is 111 cm³/mol. The van der Waals surface area contributed by atoms with Crippen LogP contribution in [0.15, 0.2) is 48.8 Å². The zero-order chi connectivity index (χ0) is 21.0. The van der Waals surface area contributed by atoms with Crippen molar-refractivity contribution in [2.45, 2.75) is 39.3 Å². The number of nitrogens with zero attached hydrogens (tertiary/aromatic N) is 2. The van der Waals surface area contributed by atoms with Crippen LogP contribution in [0.3, 0.4) is 0 Å². The van der Waals surface area contributed by atoms with Gasteiger partial charge in [0.25, 0.3) is 5.91 Å². The highest BCUT2D eigenvalue weighted by atomic mass is 16.6. The van der Waals surface area contributed by atoms with E-state index in [0.717, 1.165) is 11.1 Å². The van der Waals surface area contributed by atoms with Gasteiger partial charge in [-0.05, 0) is 44.0 Å². The zero-order valence-corrected chi connectivity index (χ0v) is 16.7. The number of hydrogen-bond donors (Lipinski definition) is 2. The zero-order valence-electron chi connectivity index (χ0n) is 16.7. The molecule has 3 N–H and O–H groups in total. The standard InChI is InChI=1S/C22H24N4O3/c1-22(2,3)29-18(27)11-14-6-4-7-15(10-14)12-24-21-17-9-5-8-16(20(23)28)19(17)25-13-26-21/h4-10,13H,11-12H2,1-3H3,(H2,23,28)(H,24,25,26). The van der Waals surface area contributed by atoms with Gasteiger partial charge in [-0.2, -0.15) is 0 Å². The van der Waals surface area contributed by atoms with Crippen molar-refractivity contribution in [2.24, 2.45) is 5.73 Å². The van der Waals surface area contributed by atoms with Gasteiger partial charge in [-0.15, -0.1) is 0 Å². The molecule has 3 rings (SSSR count). The van der Waals surface area contributed by atoms with Crippen LogP contribution in [0.4, 0.5) is 5.82 Å². The monoisotopic (exact) mass is 392 g/mol. The largest absolute Gasteiger partial charge is 0.460 e. The van der Waals surface area contributed by atoms with Gasteiger partial charge in [-0.25, -0.2) is 9.97 Å². The second-order valence-electron chi connectivity index (χ2n) is 7.72. The highest BCUT2D eigenvalue weighted by Gasteiger charge is 2.16. The van der Waals surface area contributed by atoms with Crippen LogP contribution in [0.5, 0.6) is 0 Å². The first-order chi connectivity index (χ1) is 13.7. The number of fused-ring (bicyclic) bond motifs is 1. The number of ether oxygens (including phenoxy) is 1.